The Morgan fingerprint density at radius 2 is 1.11 bits per heavy atom. The van der Waals surface area contributed by atoms with Gasteiger partial charge in [0, 0.05) is 18.3 Å². The normalized spacial score (nSPS) is 10.3. The molecule has 0 aliphatic heterocycles. The topological polar surface area (TPSA) is 40.6 Å². The molecule has 0 spiro atoms. The van der Waals surface area contributed by atoms with Gasteiger partial charge >= 0.3 is 0 Å². The van der Waals surface area contributed by atoms with Crippen LogP contribution in [0.2, 0.25) is 0 Å². The summed E-state index contributed by atoms with van der Waals surface area (Å²) in [7, 11) is 0. The van der Waals surface area contributed by atoms with E-state index in [1.807, 2.05) is 91.0 Å². The summed E-state index contributed by atoms with van der Waals surface area (Å²) in [5.74, 6) is -0.300. The molecule has 0 atom stereocenters. The van der Waals surface area contributed by atoms with E-state index in [4.69, 9.17) is 0 Å². The summed E-state index contributed by atoms with van der Waals surface area (Å²) in [5, 5.41) is 0. The highest BCUT2D eigenvalue weighted by Crippen LogP contribution is 2.19. The Labute approximate surface area is 159 Å². The van der Waals surface area contributed by atoms with Gasteiger partial charge in [0.05, 0.1) is 6.54 Å². The first-order valence-electron chi connectivity index (χ1n) is 8.87. The van der Waals surface area contributed by atoms with E-state index in [1.165, 1.54) is 11.8 Å². The predicted octanol–water partition coefficient (Wildman–Crippen LogP) is 4.27. The number of para-hydroxylation sites is 2. The summed E-state index contributed by atoms with van der Waals surface area (Å²) in [6, 6.07) is 28.6. The van der Waals surface area contributed by atoms with Crippen LogP contribution in [0.1, 0.15) is 12.5 Å². The molecule has 0 bridgehead atoms. The van der Waals surface area contributed by atoms with Crippen LogP contribution < -0.4 is 9.80 Å². The molecule has 0 saturated carbocycles. The fourth-order valence-corrected chi connectivity index (χ4v) is 2.91. The average molecular weight is 358 g/mol. The van der Waals surface area contributed by atoms with Crippen molar-refractivity contribution in [1.29, 1.82) is 0 Å². The predicted molar refractivity (Wildman–Crippen MR) is 109 cm³/mol. The Balaban J connectivity index is 1.87. The lowest BCUT2D eigenvalue weighted by atomic mass is 10.2. The molecule has 3 rings (SSSR count). The van der Waals surface area contributed by atoms with Gasteiger partial charge in [-0.3, -0.25) is 9.59 Å². The van der Waals surface area contributed by atoms with Crippen LogP contribution in [-0.2, 0) is 16.1 Å². The van der Waals surface area contributed by atoms with E-state index in [1.54, 1.807) is 4.90 Å². The van der Waals surface area contributed by atoms with E-state index in [2.05, 4.69) is 0 Å². The third-order valence-corrected chi connectivity index (χ3v) is 4.29. The molecule has 0 fully saturated rings. The maximum absolute atomic E-state index is 13.2. The number of carbonyl (C=O) groups excluding carboxylic acids is 2. The van der Waals surface area contributed by atoms with Crippen LogP contribution in [0.5, 0.6) is 0 Å². The Bertz CT molecular complexity index is 880. The van der Waals surface area contributed by atoms with Crippen molar-refractivity contribution in [3.8, 4) is 0 Å². The van der Waals surface area contributed by atoms with Gasteiger partial charge in [-0.05, 0) is 29.8 Å². The SMILES string of the molecule is CC(=O)N(CC(=O)N(Cc1ccccc1)c1ccccc1)c1ccccc1. The van der Waals surface area contributed by atoms with Gasteiger partial charge in [-0.2, -0.15) is 0 Å². The van der Waals surface area contributed by atoms with Gasteiger partial charge in [-0.25, -0.2) is 0 Å². The minimum absolute atomic E-state index is 0.0128. The third kappa shape index (κ3) is 4.82. The summed E-state index contributed by atoms with van der Waals surface area (Å²) in [5.41, 5.74) is 2.55. The Hall–Kier alpha value is -3.40. The van der Waals surface area contributed by atoms with Crippen molar-refractivity contribution in [3.05, 3.63) is 96.6 Å². The van der Waals surface area contributed by atoms with E-state index in [0.29, 0.717) is 12.2 Å². The maximum atomic E-state index is 13.2. The van der Waals surface area contributed by atoms with Crippen LogP contribution in [-0.4, -0.2) is 18.4 Å². The van der Waals surface area contributed by atoms with Gasteiger partial charge in [-0.15, -0.1) is 0 Å². The molecule has 27 heavy (non-hydrogen) atoms. The molecule has 0 saturated heterocycles. The van der Waals surface area contributed by atoms with Gasteiger partial charge in [-0.1, -0.05) is 66.7 Å². The number of nitrogens with zero attached hydrogens (tertiary/aromatic N) is 2. The molecular formula is C23H22N2O2. The highest BCUT2D eigenvalue weighted by atomic mass is 16.2. The lowest BCUT2D eigenvalue weighted by Crippen LogP contribution is -2.42. The summed E-state index contributed by atoms with van der Waals surface area (Å²) in [4.78, 5) is 28.5. The molecule has 2 amide bonds. The molecule has 3 aromatic rings. The molecule has 0 aromatic heterocycles. The number of carbonyl (C=O) groups is 2. The quantitative estimate of drug-likeness (QED) is 0.660. The first-order valence-corrected chi connectivity index (χ1v) is 8.87. The van der Waals surface area contributed by atoms with Gasteiger partial charge in [0.15, 0.2) is 0 Å². The van der Waals surface area contributed by atoms with Crippen LogP contribution in [0.15, 0.2) is 91.0 Å². The number of anilines is 2. The van der Waals surface area contributed by atoms with Gasteiger partial charge in [0.1, 0.15) is 6.54 Å². The van der Waals surface area contributed by atoms with E-state index < -0.39 is 0 Å². The second-order valence-electron chi connectivity index (χ2n) is 6.24. The number of hydrogen-bond acceptors (Lipinski definition) is 2. The van der Waals surface area contributed by atoms with Gasteiger partial charge in [0.25, 0.3) is 0 Å². The van der Waals surface area contributed by atoms with Crippen LogP contribution in [0.25, 0.3) is 0 Å². The zero-order valence-electron chi connectivity index (χ0n) is 15.3. The molecule has 0 radical (unpaired) electrons. The summed E-state index contributed by atoms with van der Waals surface area (Å²) in [6.07, 6.45) is 0. The standard InChI is InChI=1S/C23H22N2O2/c1-19(26)24(21-13-7-3-8-14-21)18-23(27)25(22-15-9-4-10-16-22)17-20-11-5-2-6-12-20/h2-16H,17-18H2,1H3. The van der Waals surface area contributed by atoms with Crippen molar-refractivity contribution in [1.82, 2.24) is 0 Å². The lowest BCUT2D eigenvalue weighted by Gasteiger charge is -2.27. The fourth-order valence-electron chi connectivity index (χ4n) is 2.91. The summed E-state index contributed by atoms with van der Waals surface area (Å²) in [6.45, 7) is 1.91. The maximum Gasteiger partial charge on any atom is 0.247 e. The van der Waals surface area contributed by atoms with E-state index in [9.17, 15) is 9.59 Å². The van der Waals surface area contributed by atoms with Crippen LogP contribution in [0, 0.1) is 0 Å². The smallest absolute Gasteiger partial charge is 0.247 e. The molecule has 0 N–H and O–H groups in total. The Morgan fingerprint density at radius 1 is 0.667 bits per heavy atom. The molecule has 0 aliphatic carbocycles. The highest BCUT2D eigenvalue weighted by Gasteiger charge is 2.21. The molecule has 4 nitrogen and oxygen atoms in total. The minimum Gasteiger partial charge on any atom is -0.306 e. The Kier molecular flexibility index (Phi) is 6.00. The van der Waals surface area contributed by atoms with E-state index in [-0.39, 0.29) is 18.4 Å². The van der Waals surface area contributed by atoms with Gasteiger partial charge in [0.2, 0.25) is 11.8 Å². The number of hydrogen-bond donors (Lipinski definition) is 0. The summed E-state index contributed by atoms with van der Waals surface area (Å²) < 4.78 is 0. The first kappa shape index (κ1) is 18.4. The number of benzene rings is 3. The van der Waals surface area contributed by atoms with Crippen molar-refractivity contribution in [3.63, 3.8) is 0 Å². The monoisotopic (exact) mass is 358 g/mol. The average Bonchev–Trinajstić information content (AvgIpc) is 2.72. The van der Waals surface area contributed by atoms with Crippen molar-refractivity contribution in [2.45, 2.75) is 13.5 Å². The highest BCUT2D eigenvalue weighted by molar-refractivity contribution is 6.02. The van der Waals surface area contributed by atoms with Crippen molar-refractivity contribution >= 4 is 23.2 Å². The zero-order chi connectivity index (χ0) is 19.1. The Morgan fingerprint density at radius 3 is 1.59 bits per heavy atom. The second-order valence-corrected chi connectivity index (χ2v) is 6.24. The van der Waals surface area contributed by atoms with E-state index in [0.717, 1.165) is 11.3 Å². The van der Waals surface area contributed by atoms with Crippen molar-refractivity contribution in [2.75, 3.05) is 16.3 Å². The van der Waals surface area contributed by atoms with Crippen LogP contribution in [0.4, 0.5) is 11.4 Å². The van der Waals surface area contributed by atoms with Crippen LogP contribution >= 0.6 is 0 Å². The lowest BCUT2D eigenvalue weighted by molar-refractivity contribution is -0.121. The number of amides is 2. The van der Waals surface area contributed by atoms with Crippen molar-refractivity contribution in [2.24, 2.45) is 0 Å². The van der Waals surface area contributed by atoms with Crippen molar-refractivity contribution < 1.29 is 9.59 Å². The molecule has 0 unspecified atom stereocenters. The molecule has 0 heterocycles. The van der Waals surface area contributed by atoms with Gasteiger partial charge < -0.3 is 9.80 Å². The molecular weight excluding hydrogens is 336 g/mol. The minimum atomic E-state index is -0.165. The second kappa shape index (κ2) is 8.81. The number of rotatable bonds is 6. The largest absolute Gasteiger partial charge is 0.306 e. The third-order valence-electron chi connectivity index (χ3n) is 4.29. The summed E-state index contributed by atoms with van der Waals surface area (Å²) >= 11 is 0. The first-order chi connectivity index (χ1) is 13.1. The molecule has 4 heteroatoms. The zero-order valence-corrected chi connectivity index (χ0v) is 15.3. The molecule has 136 valence electrons. The van der Waals surface area contributed by atoms with E-state index >= 15 is 0 Å². The molecule has 3 aromatic carbocycles. The van der Waals surface area contributed by atoms with Crippen LogP contribution in [0.3, 0.4) is 0 Å². The fraction of sp³-hybridized carbons (Fsp3) is 0.130. The molecule has 0 aliphatic rings.